The number of amides is 1. The maximum atomic E-state index is 12.5. The maximum absolute atomic E-state index is 12.5. The number of halogens is 4. The second kappa shape index (κ2) is 5.48. The highest BCUT2D eigenvalue weighted by Gasteiger charge is 2.41. The van der Waals surface area contributed by atoms with Gasteiger partial charge in [0.15, 0.2) is 0 Å². The molecule has 0 saturated carbocycles. The minimum Gasteiger partial charge on any atom is -0.339 e. The molecule has 0 N–H and O–H groups in total. The van der Waals surface area contributed by atoms with Gasteiger partial charge in [0.1, 0.15) is 4.60 Å². The van der Waals surface area contributed by atoms with Crippen molar-refractivity contribution in [1.82, 2.24) is 9.88 Å². The van der Waals surface area contributed by atoms with Crippen molar-refractivity contribution < 1.29 is 18.0 Å². The number of alkyl halides is 3. The molecule has 0 unspecified atom stereocenters. The van der Waals surface area contributed by atoms with Gasteiger partial charge in [0.2, 0.25) is 0 Å². The van der Waals surface area contributed by atoms with Crippen LogP contribution in [-0.4, -0.2) is 35.1 Å². The molecule has 1 amide bonds. The Morgan fingerprint density at radius 2 is 2.00 bits per heavy atom. The Balaban J connectivity index is 2.03. The van der Waals surface area contributed by atoms with E-state index < -0.39 is 12.1 Å². The lowest BCUT2D eigenvalue weighted by Gasteiger charge is -2.33. The number of hydrogen-bond acceptors (Lipinski definition) is 2. The number of rotatable bonds is 1. The molecule has 19 heavy (non-hydrogen) atoms. The number of likely N-dealkylation sites (tertiary alicyclic amines) is 1. The van der Waals surface area contributed by atoms with Crippen molar-refractivity contribution in [3.8, 4) is 0 Å². The lowest BCUT2D eigenvalue weighted by atomic mass is 9.96. The van der Waals surface area contributed by atoms with Crippen LogP contribution in [0.5, 0.6) is 0 Å². The predicted molar refractivity (Wildman–Crippen MR) is 66.6 cm³/mol. The Morgan fingerprint density at radius 1 is 1.37 bits per heavy atom. The van der Waals surface area contributed by atoms with Crippen molar-refractivity contribution in [2.75, 3.05) is 13.1 Å². The molecule has 3 nitrogen and oxygen atoms in total. The molecule has 0 aromatic carbocycles. The highest BCUT2D eigenvalue weighted by Crippen LogP contribution is 2.34. The van der Waals surface area contributed by atoms with Gasteiger partial charge in [0.25, 0.3) is 5.91 Å². The maximum Gasteiger partial charge on any atom is 0.391 e. The van der Waals surface area contributed by atoms with Gasteiger partial charge in [0.05, 0.1) is 11.5 Å². The van der Waals surface area contributed by atoms with Crippen molar-refractivity contribution >= 4 is 21.8 Å². The first-order chi connectivity index (χ1) is 8.89. The molecule has 1 aromatic rings. The van der Waals surface area contributed by atoms with Crippen LogP contribution >= 0.6 is 15.9 Å². The zero-order valence-corrected chi connectivity index (χ0v) is 11.5. The fourth-order valence-corrected chi connectivity index (χ4v) is 2.55. The molecule has 1 fully saturated rings. The smallest absolute Gasteiger partial charge is 0.339 e. The molecular weight excluding hydrogens is 325 g/mol. The van der Waals surface area contributed by atoms with E-state index in [4.69, 9.17) is 0 Å². The molecule has 0 atom stereocenters. The number of hydrogen-bond donors (Lipinski definition) is 0. The van der Waals surface area contributed by atoms with Crippen LogP contribution in [0.1, 0.15) is 23.2 Å². The summed E-state index contributed by atoms with van der Waals surface area (Å²) in [5.74, 6) is -1.57. The molecule has 0 radical (unpaired) electrons. The third-order valence-corrected chi connectivity index (χ3v) is 3.87. The largest absolute Gasteiger partial charge is 0.391 e. The molecule has 2 rings (SSSR count). The molecule has 1 saturated heterocycles. The van der Waals surface area contributed by atoms with Gasteiger partial charge in [-0.2, -0.15) is 13.2 Å². The summed E-state index contributed by atoms with van der Waals surface area (Å²) in [7, 11) is 0. The minimum absolute atomic E-state index is 0.0346. The highest BCUT2D eigenvalue weighted by atomic mass is 79.9. The van der Waals surface area contributed by atoms with Crippen LogP contribution in [0.3, 0.4) is 0 Å². The lowest BCUT2D eigenvalue weighted by Crippen LogP contribution is -2.42. The quantitative estimate of drug-likeness (QED) is 0.737. The Kier molecular flexibility index (Phi) is 4.13. The monoisotopic (exact) mass is 336 g/mol. The number of carbonyl (C=O) groups excluding carboxylic acids is 1. The summed E-state index contributed by atoms with van der Waals surface area (Å²) in [6.07, 6.45) is -2.69. The topological polar surface area (TPSA) is 33.2 Å². The summed E-state index contributed by atoms with van der Waals surface area (Å²) >= 11 is 3.17. The lowest BCUT2D eigenvalue weighted by molar-refractivity contribution is -0.183. The van der Waals surface area contributed by atoms with E-state index in [0.717, 1.165) is 0 Å². The molecule has 104 valence electrons. The van der Waals surface area contributed by atoms with E-state index in [9.17, 15) is 18.0 Å². The van der Waals surface area contributed by atoms with Crippen LogP contribution < -0.4 is 0 Å². The predicted octanol–water partition coefficient (Wildman–Crippen LogP) is 3.26. The minimum atomic E-state index is -4.16. The highest BCUT2D eigenvalue weighted by molar-refractivity contribution is 9.10. The molecule has 1 aliphatic heterocycles. The molecule has 7 heteroatoms. The summed E-state index contributed by atoms with van der Waals surface area (Å²) in [4.78, 5) is 17.5. The van der Waals surface area contributed by atoms with E-state index in [2.05, 4.69) is 20.9 Å². The molecule has 0 spiro atoms. The van der Waals surface area contributed by atoms with Crippen molar-refractivity contribution in [3.63, 3.8) is 0 Å². The van der Waals surface area contributed by atoms with Gasteiger partial charge in [0, 0.05) is 19.3 Å². The third kappa shape index (κ3) is 3.26. The second-order valence-electron chi connectivity index (χ2n) is 4.45. The van der Waals surface area contributed by atoms with E-state index in [1.165, 1.54) is 11.1 Å². The Bertz CT molecular complexity index is 470. The van der Waals surface area contributed by atoms with E-state index in [1.807, 2.05) is 0 Å². The van der Waals surface area contributed by atoms with E-state index in [0.29, 0.717) is 10.2 Å². The standard InChI is InChI=1S/C12H12BrF3N2O/c13-10-9(2-1-5-17-10)11(19)18-6-3-8(4-7-18)12(14,15)16/h1-2,5,8H,3-4,6-7H2. The van der Waals surface area contributed by atoms with Gasteiger partial charge in [-0.05, 0) is 40.9 Å². The van der Waals surface area contributed by atoms with Crippen molar-refractivity contribution in [3.05, 3.63) is 28.5 Å². The summed E-state index contributed by atoms with van der Waals surface area (Å²) in [5, 5.41) is 0. The molecule has 0 bridgehead atoms. The number of pyridine rings is 1. The van der Waals surface area contributed by atoms with Crippen LogP contribution in [0.15, 0.2) is 22.9 Å². The van der Waals surface area contributed by atoms with E-state index in [1.54, 1.807) is 12.1 Å². The normalized spacial score (nSPS) is 17.6. The van der Waals surface area contributed by atoms with Gasteiger partial charge >= 0.3 is 6.18 Å². The van der Waals surface area contributed by atoms with Gasteiger partial charge in [-0.3, -0.25) is 4.79 Å². The fraction of sp³-hybridized carbons (Fsp3) is 0.500. The van der Waals surface area contributed by atoms with Crippen LogP contribution in [0.2, 0.25) is 0 Å². The van der Waals surface area contributed by atoms with Crippen LogP contribution in [0, 0.1) is 5.92 Å². The van der Waals surface area contributed by atoms with Gasteiger partial charge in [-0.1, -0.05) is 0 Å². The van der Waals surface area contributed by atoms with Gasteiger partial charge < -0.3 is 4.90 Å². The number of carbonyl (C=O) groups is 1. The van der Waals surface area contributed by atoms with Crippen molar-refractivity contribution in [2.24, 2.45) is 5.92 Å². The number of aromatic nitrogens is 1. The van der Waals surface area contributed by atoms with Gasteiger partial charge in [-0.25, -0.2) is 4.98 Å². The fourth-order valence-electron chi connectivity index (χ4n) is 2.13. The molecule has 1 aliphatic rings. The van der Waals surface area contributed by atoms with Crippen LogP contribution in [0.4, 0.5) is 13.2 Å². The summed E-state index contributed by atoms with van der Waals surface area (Å²) in [6, 6.07) is 3.23. The first kappa shape index (κ1) is 14.3. The van der Waals surface area contributed by atoms with E-state index >= 15 is 0 Å². The average Bonchev–Trinajstić information content (AvgIpc) is 2.38. The molecule has 2 heterocycles. The van der Waals surface area contributed by atoms with E-state index in [-0.39, 0.29) is 31.8 Å². The SMILES string of the molecule is O=C(c1cccnc1Br)N1CCC(C(F)(F)F)CC1. The van der Waals surface area contributed by atoms with Crippen molar-refractivity contribution in [1.29, 1.82) is 0 Å². The van der Waals surface area contributed by atoms with Crippen LogP contribution in [-0.2, 0) is 0 Å². The molecule has 1 aromatic heterocycles. The van der Waals surface area contributed by atoms with Crippen molar-refractivity contribution in [2.45, 2.75) is 19.0 Å². The summed E-state index contributed by atoms with van der Waals surface area (Å²) in [6.45, 7) is 0.259. The second-order valence-corrected chi connectivity index (χ2v) is 5.20. The third-order valence-electron chi connectivity index (χ3n) is 3.23. The summed E-state index contributed by atoms with van der Waals surface area (Å²) < 4.78 is 38.0. The summed E-state index contributed by atoms with van der Waals surface area (Å²) in [5.41, 5.74) is 0.382. The van der Waals surface area contributed by atoms with Crippen LogP contribution in [0.25, 0.3) is 0 Å². The molecular formula is C12H12BrF3N2O. The average molecular weight is 337 g/mol. The Labute approximate surface area is 116 Å². The first-order valence-electron chi connectivity index (χ1n) is 5.86. The number of nitrogens with zero attached hydrogens (tertiary/aromatic N) is 2. The molecule has 0 aliphatic carbocycles. The van der Waals surface area contributed by atoms with Gasteiger partial charge in [-0.15, -0.1) is 0 Å². The Hall–Kier alpha value is -1.11. The first-order valence-corrected chi connectivity index (χ1v) is 6.65. The zero-order valence-electron chi connectivity index (χ0n) is 9.95. The number of piperidine rings is 1. The Morgan fingerprint density at radius 3 is 2.53 bits per heavy atom. The zero-order chi connectivity index (χ0) is 14.0.